The van der Waals surface area contributed by atoms with E-state index in [1.807, 2.05) is 6.92 Å². The van der Waals surface area contributed by atoms with E-state index in [4.69, 9.17) is 9.47 Å². The highest BCUT2D eigenvalue weighted by atomic mass is 16.6. The third-order valence-electron chi connectivity index (χ3n) is 7.10. The van der Waals surface area contributed by atoms with Crippen molar-refractivity contribution in [2.45, 2.75) is 97.1 Å². The van der Waals surface area contributed by atoms with Crippen LogP contribution in [0, 0.1) is 23.7 Å². The van der Waals surface area contributed by atoms with E-state index in [0.717, 1.165) is 25.7 Å². The van der Waals surface area contributed by atoms with E-state index in [2.05, 4.69) is 33.8 Å². The Balaban J connectivity index is 2.05. The highest BCUT2D eigenvalue weighted by Gasteiger charge is 2.58. The van der Waals surface area contributed by atoms with Crippen LogP contribution in [-0.4, -0.2) is 34.5 Å². The van der Waals surface area contributed by atoms with Gasteiger partial charge in [-0.05, 0) is 64.2 Å². The van der Waals surface area contributed by atoms with E-state index in [0.29, 0.717) is 18.3 Å². The molecule has 0 aromatic heterocycles. The lowest BCUT2D eigenvalue weighted by molar-refractivity contribution is -0.169. The van der Waals surface area contributed by atoms with Crippen LogP contribution >= 0.6 is 0 Å². The minimum absolute atomic E-state index is 0.0951. The number of rotatable bonds is 2. The first-order chi connectivity index (χ1) is 12.0. The fraction of sp³-hybridized carbons (Fsp3) is 0.864. The minimum Gasteiger partial charge on any atom is -0.462 e. The van der Waals surface area contributed by atoms with Crippen LogP contribution in [0.5, 0.6) is 0 Å². The smallest absolute Gasteiger partial charge is 0.302 e. The number of fused-ring (bicyclic) bond motifs is 2. The molecule has 4 heteroatoms. The molecule has 1 N–H and O–H groups in total. The van der Waals surface area contributed by atoms with Gasteiger partial charge in [-0.15, -0.1) is 0 Å². The summed E-state index contributed by atoms with van der Waals surface area (Å²) in [5, 5.41) is 11.3. The SMILES string of the molecule is CC(=O)O[C@@H]1C[C@@]2(C)O[C@@H]2CC/C(C)=C\[C@H]2[C@@H]1[C@](C)(O)CC[C@@H]2C(C)C. The zero-order valence-electron chi connectivity index (χ0n) is 17.2. The van der Waals surface area contributed by atoms with Gasteiger partial charge < -0.3 is 14.6 Å². The summed E-state index contributed by atoms with van der Waals surface area (Å²) in [5.41, 5.74) is 0.292. The number of allylic oxidation sites excluding steroid dienone is 2. The van der Waals surface area contributed by atoms with Gasteiger partial charge in [0.05, 0.1) is 17.3 Å². The van der Waals surface area contributed by atoms with Gasteiger partial charge in [0.2, 0.25) is 0 Å². The summed E-state index contributed by atoms with van der Waals surface area (Å²) in [4.78, 5) is 11.9. The van der Waals surface area contributed by atoms with E-state index >= 15 is 0 Å². The van der Waals surface area contributed by atoms with Crippen LogP contribution in [0.2, 0.25) is 0 Å². The molecule has 1 aliphatic heterocycles. The molecule has 1 saturated carbocycles. The van der Waals surface area contributed by atoms with Crippen molar-refractivity contribution in [1.29, 1.82) is 0 Å². The summed E-state index contributed by atoms with van der Waals surface area (Å²) in [7, 11) is 0. The zero-order valence-corrected chi connectivity index (χ0v) is 17.2. The molecule has 2 fully saturated rings. The van der Waals surface area contributed by atoms with Crippen molar-refractivity contribution in [3.63, 3.8) is 0 Å². The molecule has 1 heterocycles. The van der Waals surface area contributed by atoms with Crippen LogP contribution in [0.25, 0.3) is 0 Å². The molecule has 0 aromatic rings. The summed E-state index contributed by atoms with van der Waals surface area (Å²) < 4.78 is 11.9. The van der Waals surface area contributed by atoms with Crippen molar-refractivity contribution in [2.75, 3.05) is 0 Å². The largest absolute Gasteiger partial charge is 0.462 e. The summed E-state index contributed by atoms with van der Waals surface area (Å²) in [6.07, 6.45) is 6.79. The maximum atomic E-state index is 11.9. The van der Waals surface area contributed by atoms with Crippen LogP contribution in [0.4, 0.5) is 0 Å². The fourth-order valence-corrected chi connectivity index (χ4v) is 5.61. The maximum Gasteiger partial charge on any atom is 0.302 e. The third-order valence-corrected chi connectivity index (χ3v) is 7.10. The van der Waals surface area contributed by atoms with Crippen molar-refractivity contribution in [1.82, 2.24) is 0 Å². The highest BCUT2D eigenvalue weighted by molar-refractivity contribution is 5.66. The van der Waals surface area contributed by atoms with Crippen LogP contribution < -0.4 is 0 Å². The summed E-state index contributed by atoms with van der Waals surface area (Å²) in [6, 6.07) is 0. The highest BCUT2D eigenvalue weighted by Crippen LogP contribution is 2.52. The van der Waals surface area contributed by atoms with Gasteiger partial charge in [-0.1, -0.05) is 25.5 Å². The second-order valence-corrected chi connectivity index (χ2v) is 9.73. The predicted molar refractivity (Wildman–Crippen MR) is 102 cm³/mol. The summed E-state index contributed by atoms with van der Waals surface area (Å²) in [5.74, 6) is 0.888. The molecular weight excluding hydrogens is 328 g/mol. The molecule has 7 atom stereocenters. The summed E-state index contributed by atoms with van der Waals surface area (Å²) in [6.45, 7) is 12.3. The Morgan fingerprint density at radius 1 is 1.35 bits per heavy atom. The molecule has 1 saturated heterocycles. The van der Waals surface area contributed by atoms with Gasteiger partial charge in [-0.3, -0.25) is 4.79 Å². The Morgan fingerprint density at radius 2 is 2.04 bits per heavy atom. The fourth-order valence-electron chi connectivity index (χ4n) is 5.61. The number of esters is 1. The van der Waals surface area contributed by atoms with Crippen molar-refractivity contribution < 1.29 is 19.4 Å². The average molecular weight is 365 g/mol. The molecule has 0 radical (unpaired) electrons. The lowest BCUT2D eigenvalue weighted by atomic mass is 9.59. The first-order valence-corrected chi connectivity index (χ1v) is 10.3. The average Bonchev–Trinajstić information content (AvgIpc) is 3.12. The van der Waals surface area contributed by atoms with E-state index in [1.54, 1.807) is 0 Å². The van der Waals surface area contributed by atoms with Gasteiger partial charge >= 0.3 is 5.97 Å². The molecule has 148 valence electrons. The minimum atomic E-state index is -0.840. The van der Waals surface area contributed by atoms with E-state index in [9.17, 15) is 9.90 Å². The number of hydrogen-bond acceptors (Lipinski definition) is 4. The van der Waals surface area contributed by atoms with Crippen molar-refractivity contribution >= 4 is 5.97 Å². The molecule has 4 nitrogen and oxygen atoms in total. The topological polar surface area (TPSA) is 59.1 Å². The number of carbonyl (C=O) groups excluding carboxylic acids is 1. The normalized spacial score (nSPS) is 48.0. The van der Waals surface area contributed by atoms with E-state index < -0.39 is 5.60 Å². The maximum absolute atomic E-state index is 11.9. The first-order valence-electron chi connectivity index (χ1n) is 10.3. The Hall–Kier alpha value is -0.870. The molecule has 0 bridgehead atoms. The van der Waals surface area contributed by atoms with Gasteiger partial charge in [-0.25, -0.2) is 0 Å². The molecule has 0 spiro atoms. The van der Waals surface area contributed by atoms with Crippen LogP contribution in [0.1, 0.15) is 73.6 Å². The molecule has 0 aromatic carbocycles. The van der Waals surface area contributed by atoms with Gasteiger partial charge in [-0.2, -0.15) is 0 Å². The van der Waals surface area contributed by atoms with Crippen LogP contribution in [0.3, 0.4) is 0 Å². The number of aliphatic hydroxyl groups is 1. The third kappa shape index (κ3) is 3.87. The van der Waals surface area contributed by atoms with Gasteiger partial charge in [0.1, 0.15) is 6.10 Å². The van der Waals surface area contributed by atoms with Gasteiger partial charge in [0.15, 0.2) is 0 Å². The molecule has 26 heavy (non-hydrogen) atoms. The monoisotopic (exact) mass is 364 g/mol. The van der Waals surface area contributed by atoms with Crippen molar-refractivity contribution in [3.8, 4) is 0 Å². The Morgan fingerprint density at radius 3 is 2.65 bits per heavy atom. The van der Waals surface area contributed by atoms with E-state index in [-0.39, 0.29) is 35.6 Å². The number of hydrogen-bond donors (Lipinski definition) is 1. The molecule has 2 aliphatic carbocycles. The Kier molecular flexibility index (Phi) is 5.31. The molecule has 0 unspecified atom stereocenters. The standard InChI is InChI=1S/C22H36O4/c1-13(2)16-9-10-21(5,24)20-17(16)11-14(3)7-8-19-22(6,26-19)12-18(20)25-15(4)23/h11,13,16-20,24H,7-10,12H2,1-6H3/b14-11-/t16-,17-,18-,19-,20+,21-,22-/m1/s1. The Labute approximate surface area is 158 Å². The van der Waals surface area contributed by atoms with E-state index in [1.165, 1.54) is 12.5 Å². The second-order valence-electron chi connectivity index (χ2n) is 9.73. The number of carbonyl (C=O) groups is 1. The van der Waals surface area contributed by atoms with Crippen LogP contribution in [-0.2, 0) is 14.3 Å². The van der Waals surface area contributed by atoms with Crippen molar-refractivity contribution in [3.05, 3.63) is 11.6 Å². The predicted octanol–water partition coefficient (Wildman–Crippen LogP) is 4.26. The molecule has 0 amide bonds. The zero-order chi connectivity index (χ0) is 19.3. The van der Waals surface area contributed by atoms with Crippen LogP contribution in [0.15, 0.2) is 11.6 Å². The lowest BCUT2D eigenvalue weighted by Crippen LogP contribution is -2.54. The summed E-state index contributed by atoms with van der Waals surface area (Å²) >= 11 is 0. The number of epoxide rings is 1. The Bertz CT molecular complexity index is 579. The lowest BCUT2D eigenvalue weighted by Gasteiger charge is -2.50. The van der Waals surface area contributed by atoms with Crippen molar-refractivity contribution in [2.24, 2.45) is 23.7 Å². The molecule has 3 rings (SSSR count). The first kappa shape index (κ1) is 19.9. The molecular formula is C22H36O4. The van der Waals surface area contributed by atoms with Gasteiger partial charge in [0.25, 0.3) is 0 Å². The number of ether oxygens (including phenoxy) is 2. The second kappa shape index (κ2) is 6.94. The quantitative estimate of drug-likeness (QED) is 0.452. The van der Waals surface area contributed by atoms with Gasteiger partial charge in [0, 0.05) is 19.3 Å². The molecule has 3 aliphatic rings.